The summed E-state index contributed by atoms with van der Waals surface area (Å²) < 4.78 is 7.11. The second kappa shape index (κ2) is 4.87. The third kappa shape index (κ3) is 2.38. The van der Waals surface area contributed by atoms with Gasteiger partial charge in [0.2, 0.25) is 5.76 Å². The van der Waals surface area contributed by atoms with Crippen molar-refractivity contribution in [3.05, 3.63) is 36.2 Å². The first-order valence-electron chi connectivity index (χ1n) is 6.44. The minimum absolute atomic E-state index is 0.0783. The summed E-state index contributed by atoms with van der Waals surface area (Å²) in [5, 5.41) is 3.76. The zero-order chi connectivity index (χ0) is 13.2. The lowest BCUT2D eigenvalue weighted by atomic mass is 10.1. The van der Waals surface area contributed by atoms with Gasteiger partial charge in [-0.25, -0.2) is 4.98 Å². The van der Waals surface area contributed by atoms with Crippen molar-refractivity contribution in [2.75, 3.05) is 13.1 Å². The van der Waals surface area contributed by atoms with Crippen molar-refractivity contribution in [2.24, 2.45) is 0 Å². The molecule has 0 spiro atoms. The molecule has 6 nitrogen and oxygen atoms in total. The zero-order valence-corrected chi connectivity index (χ0v) is 10.8. The maximum Gasteiger partial charge on any atom is 0.292 e. The summed E-state index contributed by atoms with van der Waals surface area (Å²) in [6.45, 7) is 3.27. The Hall–Kier alpha value is -2.11. The van der Waals surface area contributed by atoms with E-state index in [1.807, 2.05) is 18.0 Å². The Morgan fingerprint density at radius 2 is 2.42 bits per heavy atom. The molecular weight excluding hydrogens is 244 g/mol. The molecule has 0 aromatic carbocycles. The van der Waals surface area contributed by atoms with Crippen LogP contribution in [0.5, 0.6) is 0 Å². The Labute approximate surface area is 111 Å². The first kappa shape index (κ1) is 12.0. The Kier molecular flexibility index (Phi) is 3.06. The molecule has 1 aliphatic heterocycles. The molecule has 1 amide bonds. The zero-order valence-electron chi connectivity index (χ0n) is 10.8. The molecule has 3 rings (SSSR count). The van der Waals surface area contributed by atoms with Gasteiger partial charge in [-0.05, 0) is 19.8 Å². The van der Waals surface area contributed by atoms with Gasteiger partial charge in [0.25, 0.3) is 5.91 Å². The van der Waals surface area contributed by atoms with E-state index >= 15 is 0 Å². The monoisotopic (exact) mass is 260 g/mol. The number of hydrogen-bond acceptors (Lipinski definition) is 4. The Morgan fingerprint density at radius 3 is 3.11 bits per heavy atom. The first-order valence-corrected chi connectivity index (χ1v) is 6.44. The number of likely N-dealkylation sites (tertiary alicyclic amines) is 1. The van der Waals surface area contributed by atoms with Crippen molar-refractivity contribution in [3.8, 4) is 0 Å². The fraction of sp³-hybridized carbons (Fsp3) is 0.462. The summed E-state index contributed by atoms with van der Waals surface area (Å²) in [5.74, 6) is 0.245. The minimum atomic E-state index is -0.0783. The van der Waals surface area contributed by atoms with Crippen LogP contribution in [-0.4, -0.2) is 38.6 Å². The number of hydrogen-bond donors (Lipinski definition) is 0. The fourth-order valence-electron chi connectivity index (χ4n) is 2.49. The SMILES string of the molecule is Cc1cc(C(=O)N2CCCC(n3ccnc3)C2)on1. The van der Waals surface area contributed by atoms with Crippen LogP contribution in [0.3, 0.4) is 0 Å². The average molecular weight is 260 g/mol. The van der Waals surface area contributed by atoms with Crippen LogP contribution in [-0.2, 0) is 0 Å². The number of piperidine rings is 1. The number of aromatic nitrogens is 3. The van der Waals surface area contributed by atoms with Gasteiger partial charge in [-0.2, -0.15) is 0 Å². The van der Waals surface area contributed by atoms with Gasteiger partial charge < -0.3 is 14.0 Å². The molecule has 0 saturated carbocycles. The molecule has 100 valence electrons. The molecule has 1 atom stereocenters. The summed E-state index contributed by atoms with van der Waals surface area (Å²) in [7, 11) is 0. The van der Waals surface area contributed by atoms with Gasteiger partial charge >= 0.3 is 0 Å². The van der Waals surface area contributed by atoms with Gasteiger partial charge in [-0.1, -0.05) is 5.16 Å². The predicted molar refractivity (Wildman–Crippen MR) is 67.6 cm³/mol. The molecular formula is C13H16N4O2. The summed E-state index contributed by atoms with van der Waals surface area (Å²) in [6.07, 6.45) is 7.56. The molecule has 0 N–H and O–H groups in total. The maximum absolute atomic E-state index is 12.3. The summed E-state index contributed by atoms with van der Waals surface area (Å²) in [4.78, 5) is 18.2. The van der Waals surface area contributed by atoms with E-state index in [9.17, 15) is 4.79 Å². The summed E-state index contributed by atoms with van der Waals surface area (Å²) >= 11 is 0. The molecule has 0 radical (unpaired) electrons. The highest BCUT2D eigenvalue weighted by Crippen LogP contribution is 2.22. The third-order valence-corrected chi connectivity index (χ3v) is 3.47. The standard InChI is InChI=1S/C13H16N4O2/c1-10-7-12(19-15-10)13(18)16-5-2-3-11(8-16)17-6-4-14-9-17/h4,6-7,9,11H,2-3,5,8H2,1H3. The quantitative estimate of drug-likeness (QED) is 0.823. The van der Waals surface area contributed by atoms with Crippen molar-refractivity contribution < 1.29 is 9.32 Å². The largest absolute Gasteiger partial charge is 0.351 e. The van der Waals surface area contributed by atoms with E-state index in [1.54, 1.807) is 18.6 Å². The highest BCUT2D eigenvalue weighted by atomic mass is 16.5. The van der Waals surface area contributed by atoms with E-state index in [4.69, 9.17) is 4.52 Å². The van der Waals surface area contributed by atoms with E-state index in [-0.39, 0.29) is 5.91 Å². The number of imidazole rings is 1. The number of nitrogens with zero attached hydrogens (tertiary/aromatic N) is 4. The number of aryl methyl sites for hydroxylation is 1. The van der Waals surface area contributed by atoms with Crippen LogP contribution in [0.4, 0.5) is 0 Å². The van der Waals surface area contributed by atoms with E-state index in [0.29, 0.717) is 18.3 Å². The normalized spacial score (nSPS) is 19.6. The molecule has 1 fully saturated rings. The van der Waals surface area contributed by atoms with Gasteiger partial charge in [0, 0.05) is 31.5 Å². The van der Waals surface area contributed by atoms with Gasteiger partial charge in [0.05, 0.1) is 18.1 Å². The van der Waals surface area contributed by atoms with Crippen LogP contribution in [0.2, 0.25) is 0 Å². The molecule has 1 saturated heterocycles. The fourth-order valence-corrected chi connectivity index (χ4v) is 2.49. The lowest BCUT2D eigenvalue weighted by Crippen LogP contribution is -2.40. The lowest BCUT2D eigenvalue weighted by Gasteiger charge is -2.32. The molecule has 2 aromatic heterocycles. The predicted octanol–water partition coefficient (Wildman–Crippen LogP) is 1.66. The van der Waals surface area contributed by atoms with Crippen molar-refractivity contribution in [2.45, 2.75) is 25.8 Å². The van der Waals surface area contributed by atoms with Crippen LogP contribution < -0.4 is 0 Å². The van der Waals surface area contributed by atoms with E-state index in [0.717, 1.165) is 25.1 Å². The van der Waals surface area contributed by atoms with Crippen LogP contribution in [0, 0.1) is 6.92 Å². The third-order valence-electron chi connectivity index (χ3n) is 3.47. The highest BCUT2D eigenvalue weighted by molar-refractivity contribution is 5.91. The lowest BCUT2D eigenvalue weighted by molar-refractivity contribution is 0.0637. The van der Waals surface area contributed by atoms with Gasteiger partial charge in [-0.3, -0.25) is 4.79 Å². The second-order valence-electron chi connectivity index (χ2n) is 4.89. The van der Waals surface area contributed by atoms with Crippen molar-refractivity contribution in [3.63, 3.8) is 0 Å². The highest BCUT2D eigenvalue weighted by Gasteiger charge is 2.27. The minimum Gasteiger partial charge on any atom is -0.351 e. The number of carbonyl (C=O) groups excluding carboxylic acids is 1. The molecule has 2 aromatic rings. The number of rotatable bonds is 2. The Morgan fingerprint density at radius 1 is 1.53 bits per heavy atom. The molecule has 1 unspecified atom stereocenters. The Bertz CT molecular complexity index is 561. The van der Waals surface area contributed by atoms with Crippen molar-refractivity contribution >= 4 is 5.91 Å². The first-order chi connectivity index (χ1) is 9.24. The van der Waals surface area contributed by atoms with Gasteiger partial charge in [0.15, 0.2) is 0 Å². The summed E-state index contributed by atoms with van der Waals surface area (Å²) in [5.41, 5.74) is 0.728. The average Bonchev–Trinajstić information content (AvgIpc) is 3.09. The van der Waals surface area contributed by atoms with E-state index in [1.165, 1.54) is 0 Å². The van der Waals surface area contributed by atoms with Crippen LogP contribution in [0.25, 0.3) is 0 Å². The van der Waals surface area contributed by atoms with Crippen molar-refractivity contribution in [1.82, 2.24) is 19.6 Å². The van der Waals surface area contributed by atoms with Gasteiger partial charge in [0.1, 0.15) is 0 Å². The smallest absolute Gasteiger partial charge is 0.292 e. The summed E-state index contributed by atoms with van der Waals surface area (Å²) in [6, 6.07) is 1.98. The topological polar surface area (TPSA) is 64.2 Å². The molecule has 1 aliphatic rings. The molecule has 6 heteroatoms. The van der Waals surface area contributed by atoms with E-state index in [2.05, 4.69) is 14.7 Å². The number of carbonyl (C=O) groups is 1. The van der Waals surface area contributed by atoms with Crippen LogP contribution in [0.15, 0.2) is 29.3 Å². The number of amides is 1. The molecule has 0 aliphatic carbocycles. The maximum atomic E-state index is 12.3. The molecule has 0 bridgehead atoms. The molecule has 19 heavy (non-hydrogen) atoms. The van der Waals surface area contributed by atoms with E-state index < -0.39 is 0 Å². The van der Waals surface area contributed by atoms with Crippen LogP contribution in [0.1, 0.15) is 35.1 Å². The second-order valence-corrected chi connectivity index (χ2v) is 4.89. The van der Waals surface area contributed by atoms with Crippen LogP contribution >= 0.6 is 0 Å². The Balaban J connectivity index is 1.73. The van der Waals surface area contributed by atoms with Gasteiger partial charge in [-0.15, -0.1) is 0 Å². The van der Waals surface area contributed by atoms with Crippen molar-refractivity contribution in [1.29, 1.82) is 0 Å². The molecule has 3 heterocycles.